The Hall–Kier alpha value is -2.12. The van der Waals surface area contributed by atoms with Gasteiger partial charge in [-0.1, -0.05) is 18.2 Å². The molecule has 0 saturated heterocycles. The van der Waals surface area contributed by atoms with E-state index < -0.39 is 15.5 Å². The third-order valence-electron chi connectivity index (χ3n) is 2.96. The number of methoxy groups -OCH3 is 1. The molecule has 0 spiro atoms. The molecule has 0 atom stereocenters. The fourth-order valence-electron chi connectivity index (χ4n) is 1.92. The minimum absolute atomic E-state index is 0.178. The fraction of sp³-hybridized carbons (Fsp3) is 0.214. The topological polar surface area (TPSA) is 88.3 Å². The van der Waals surface area contributed by atoms with Crippen molar-refractivity contribution in [2.24, 2.45) is 0 Å². The Kier molecular flexibility index (Phi) is 4.77. The van der Waals surface area contributed by atoms with E-state index in [0.29, 0.717) is 12.2 Å². The third-order valence-corrected chi connectivity index (χ3v) is 4.44. The molecule has 0 aliphatic rings. The SMILES string of the molecule is COc1ccccc1CCNS(=O)(=O)c1c[nH]ccc1=O. The Balaban J connectivity index is 2.06. The first-order chi connectivity index (χ1) is 10.0. The predicted octanol–water partition coefficient (Wildman–Crippen LogP) is 0.904. The van der Waals surface area contributed by atoms with E-state index in [0.717, 1.165) is 5.56 Å². The molecule has 0 aliphatic heterocycles. The standard InChI is InChI=1S/C14H16N2O4S/c1-20-13-5-3-2-4-11(13)6-9-16-21(18,19)14-10-15-8-7-12(14)17/h2-5,7-8,10,16H,6,9H2,1H3,(H,15,17). The highest BCUT2D eigenvalue weighted by atomic mass is 32.2. The van der Waals surface area contributed by atoms with Crippen LogP contribution in [-0.4, -0.2) is 27.1 Å². The molecule has 0 radical (unpaired) electrons. The number of benzene rings is 1. The minimum atomic E-state index is -3.82. The Labute approximate surface area is 122 Å². The summed E-state index contributed by atoms with van der Waals surface area (Å²) in [5.41, 5.74) is 0.350. The fourth-order valence-corrected chi connectivity index (χ4v) is 3.00. The molecule has 1 aromatic heterocycles. The van der Waals surface area contributed by atoms with Crippen LogP contribution in [0.4, 0.5) is 0 Å². The van der Waals surface area contributed by atoms with E-state index in [1.807, 2.05) is 24.3 Å². The number of nitrogens with one attached hydrogen (secondary N) is 2. The summed E-state index contributed by atoms with van der Waals surface area (Å²) in [6.07, 6.45) is 3.03. The van der Waals surface area contributed by atoms with Crippen molar-refractivity contribution in [1.82, 2.24) is 9.71 Å². The van der Waals surface area contributed by atoms with Gasteiger partial charge < -0.3 is 9.72 Å². The summed E-state index contributed by atoms with van der Waals surface area (Å²) in [4.78, 5) is 13.8. The molecule has 0 unspecified atom stereocenters. The summed E-state index contributed by atoms with van der Waals surface area (Å²) < 4.78 is 31.7. The third kappa shape index (κ3) is 3.71. The number of aromatic amines is 1. The predicted molar refractivity (Wildman–Crippen MR) is 78.9 cm³/mol. The smallest absolute Gasteiger partial charge is 0.245 e. The lowest BCUT2D eigenvalue weighted by Gasteiger charge is -2.09. The molecule has 0 aliphatic carbocycles. The zero-order valence-electron chi connectivity index (χ0n) is 11.5. The highest BCUT2D eigenvalue weighted by Gasteiger charge is 2.17. The van der Waals surface area contributed by atoms with Gasteiger partial charge in [-0.3, -0.25) is 4.79 Å². The minimum Gasteiger partial charge on any atom is -0.496 e. The maximum absolute atomic E-state index is 12.0. The van der Waals surface area contributed by atoms with E-state index in [4.69, 9.17) is 4.74 Å². The molecular formula is C14H16N2O4S. The number of pyridine rings is 1. The van der Waals surface area contributed by atoms with Gasteiger partial charge in [-0.2, -0.15) is 0 Å². The first-order valence-electron chi connectivity index (χ1n) is 6.33. The molecule has 6 nitrogen and oxygen atoms in total. The number of hydrogen-bond acceptors (Lipinski definition) is 4. The largest absolute Gasteiger partial charge is 0.496 e. The van der Waals surface area contributed by atoms with E-state index in [-0.39, 0.29) is 11.4 Å². The van der Waals surface area contributed by atoms with Crippen molar-refractivity contribution in [1.29, 1.82) is 0 Å². The zero-order chi connectivity index (χ0) is 15.3. The average Bonchev–Trinajstić information content (AvgIpc) is 2.48. The van der Waals surface area contributed by atoms with Crippen LogP contribution < -0.4 is 14.9 Å². The van der Waals surface area contributed by atoms with E-state index >= 15 is 0 Å². The molecule has 112 valence electrons. The van der Waals surface area contributed by atoms with Crippen molar-refractivity contribution in [3.63, 3.8) is 0 Å². The summed E-state index contributed by atoms with van der Waals surface area (Å²) in [6, 6.07) is 8.55. The molecule has 1 aromatic carbocycles. The Morgan fingerprint density at radius 2 is 2.00 bits per heavy atom. The number of aromatic nitrogens is 1. The number of hydrogen-bond donors (Lipinski definition) is 2. The monoisotopic (exact) mass is 308 g/mol. The second-order valence-electron chi connectivity index (χ2n) is 4.33. The van der Waals surface area contributed by atoms with Crippen LogP contribution in [0.3, 0.4) is 0 Å². The van der Waals surface area contributed by atoms with Crippen molar-refractivity contribution in [3.05, 3.63) is 58.5 Å². The van der Waals surface area contributed by atoms with Crippen LogP contribution in [0.15, 0.2) is 52.4 Å². The molecule has 1 heterocycles. The summed E-state index contributed by atoms with van der Waals surface area (Å²) >= 11 is 0. The van der Waals surface area contributed by atoms with Crippen LogP contribution >= 0.6 is 0 Å². The molecular weight excluding hydrogens is 292 g/mol. The first-order valence-corrected chi connectivity index (χ1v) is 7.81. The Morgan fingerprint density at radius 1 is 1.24 bits per heavy atom. The number of H-pyrrole nitrogens is 1. The van der Waals surface area contributed by atoms with Gasteiger partial charge in [0.05, 0.1) is 7.11 Å². The van der Waals surface area contributed by atoms with Crippen LogP contribution in [0.1, 0.15) is 5.56 Å². The number of sulfonamides is 1. The second-order valence-corrected chi connectivity index (χ2v) is 6.07. The van der Waals surface area contributed by atoms with Crippen molar-refractivity contribution < 1.29 is 13.2 Å². The Bertz CT molecular complexity index is 768. The summed E-state index contributed by atoms with van der Waals surface area (Å²) in [7, 11) is -2.25. The lowest BCUT2D eigenvalue weighted by atomic mass is 10.1. The van der Waals surface area contributed by atoms with E-state index in [9.17, 15) is 13.2 Å². The van der Waals surface area contributed by atoms with E-state index in [1.54, 1.807) is 7.11 Å². The van der Waals surface area contributed by atoms with Crippen molar-refractivity contribution in [3.8, 4) is 5.75 Å². The molecule has 7 heteroatoms. The molecule has 0 amide bonds. The maximum atomic E-state index is 12.0. The normalized spacial score (nSPS) is 11.3. The van der Waals surface area contributed by atoms with Gasteiger partial charge in [-0.25, -0.2) is 13.1 Å². The van der Waals surface area contributed by atoms with Crippen LogP contribution in [0.25, 0.3) is 0 Å². The maximum Gasteiger partial charge on any atom is 0.245 e. The van der Waals surface area contributed by atoms with Gasteiger partial charge in [0.25, 0.3) is 0 Å². The van der Waals surface area contributed by atoms with Gasteiger partial charge in [0.2, 0.25) is 15.5 Å². The summed E-state index contributed by atoms with van der Waals surface area (Å²) in [5, 5.41) is 0. The van der Waals surface area contributed by atoms with Gasteiger partial charge >= 0.3 is 0 Å². The highest BCUT2D eigenvalue weighted by molar-refractivity contribution is 7.89. The van der Waals surface area contributed by atoms with Crippen LogP contribution in [-0.2, 0) is 16.4 Å². The van der Waals surface area contributed by atoms with E-state index in [1.165, 1.54) is 18.5 Å². The van der Waals surface area contributed by atoms with Gasteiger partial charge in [0.1, 0.15) is 10.6 Å². The van der Waals surface area contributed by atoms with Crippen LogP contribution in [0.5, 0.6) is 5.75 Å². The summed E-state index contributed by atoms with van der Waals surface area (Å²) in [6.45, 7) is 0.178. The number of ether oxygens (including phenoxy) is 1. The quantitative estimate of drug-likeness (QED) is 0.830. The molecule has 2 rings (SSSR count). The van der Waals surface area contributed by atoms with Gasteiger partial charge in [0, 0.05) is 25.0 Å². The highest BCUT2D eigenvalue weighted by Crippen LogP contribution is 2.17. The van der Waals surface area contributed by atoms with E-state index in [2.05, 4.69) is 9.71 Å². The van der Waals surface area contributed by atoms with Gasteiger partial charge in [0.15, 0.2) is 0 Å². The van der Waals surface area contributed by atoms with Crippen molar-refractivity contribution in [2.75, 3.05) is 13.7 Å². The molecule has 0 fully saturated rings. The molecule has 0 bridgehead atoms. The van der Waals surface area contributed by atoms with Crippen molar-refractivity contribution >= 4 is 10.0 Å². The Morgan fingerprint density at radius 3 is 2.71 bits per heavy atom. The van der Waals surface area contributed by atoms with Gasteiger partial charge in [-0.15, -0.1) is 0 Å². The van der Waals surface area contributed by atoms with Crippen molar-refractivity contribution in [2.45, 2.75) is 11.3 Å². The average molecular weight is 308 g/mol. The molecule has 0 saturated carbocycles. The first kappa shape index (κ1) is 15.3. The van der Waals surface area contributed by atoms with Gasteiger partial charge in [-0.05, 0) is 18.1 Å². The second kappa shape index (κ2) is 6.55. The zero-order valence-corrected chi connectivity index (χ0v) is 12.3. The lowest BCUT2D eigenvalue weighted by Crippen LogP contribution is -2.30. The van der Waals surface area contributed by atoms with Crippen LogP contribution in [0.2, 0.25) is 0 Å². The number of rotatable bonds is 6. The summed E-state index contributed by atoms with van der Waals surface area (Å²) in [5.74, 6) is 0.703. The van der Waals surface area contributed by atoms with Crippen LogP contribution in [0, 0.1) is 0 Å². The number of para-hydroxylation sites is 1. The lowest BCUT2D eigenvalue weighted by molar-refractivity contribution is 0.409. The molecule has 2 aromatic rings. The molecule has 2 N–H and O–H groups in total. The molecule has 21 heavy (non-hydrogen) atoms.